The fourth-order valence-corrected chi connectivity index (χ4v) is 2.75. The van der Waals surface area contributed by atoms with E-state index in [1.54, 1.807) is 30.3 Å². The first-order valence-corrected chi connectivity index (χ1v) is 6.70. The maximum atomic E-state index is 12.3. The molecule has 0 saturated heterocycles. The molecule has 0 spiro atoms. The first-order chi connectivity index (χ1) is 9.08. The quantitative estimate of drug-likeness (QED) is 0.882. The number of carbonyl (C=O) groups excluding carboxylic acids is 1. The molecular formula is C14H20N2O3. The maximum Gasteiger partial charge on any atom is 0.323 e. The molecule has 5 nitrogen and oxygen atoms in total. The van der Waals surface area contributed by atoms with Crippen LogP contribution in [0.3, 0.4) is 0 Å². The molecule has 0 aliphatic heterocycles. The monoisotopic (exact) mass is 264 g/mol. The number of carboxylic acid groups (broad SMARTS) is 1. The average Bonchev–Trinajstić information content (AvgIpc) is 2.98. The molecule has 104 valence electrons. The van der Waals surface area contributed by atoms with E-state index in [1.165, 1.54) is 30.3 Å². The van der Waals surface area contributed by atoms with Crippen molar-refractivity contribution in [2.45, 2.75) is 32.2 Å². The van der Waals surface area contributed by atoms with Gasteiger partial charge in [-0.1, -0.05) is 12.8 Å². The topological polar surface area (TPSA) is 62.5 Å². The van der Waals surface area contributed by atoms with Gasteiger partial charge in [0.1, 0.15) is 12.2 Å². The van der Waals surface area contributed by atoms with Gasteiger partial charge < -0.3 is 14.6 Å². The van der Waals surface area contributed by atoms with Gasteiger partial charge in [-0.2, -0.15) is 0 Å². The number of rotatable bonds is 5. The van der Waals surface area contributed by atoms with Crippen LogP contribution in [0.25, 0.3) is 0 Å². The molecule has 1 saturated carbocycles. The molecule has 5 heteroatoms. The molecule has 0 atom stereocenters. The minimum Gasteiger partial charge on any atom is -0.480 e. The van der Waals surface area contributed by atoms with Crippen molar-refractivity contribution in [3.63, 3.8) is 0 Å². The molecular weight excluding hydrogens is 244 g/mol. The van der Waals surface area contributed by atoms with Crippen LogP contribution in [-0.4, -0.2) is 40.0 Å². The Hall–Kier alpha value is -1.78. The number of nitrogens with zero attached hydrogens (tertiary/aromatic N) is 2. The van der Waals surface area contributed by atoms with E-state index in [2.05, 4.69) is 0 Å². The lowest BCUT2D eigenvalue weighted by Crippen LogP contribution is -2.32. The molecule has 0 bridgehead atoms. The summed E-state index contributed by atoms with van der Waals surface area (Å²) in [6, 6.07) is 3.38. The van der Waals surface area contributed by atoms with Crippen molar-refractivity contribution in [1.29, 1.82) is 0 Å². The number of hydrogen-bond donors (Lipinski definition) is 1. The van der Waals surface area contributed by atoms with E-state index in [4.69, 9.17) is 5.11 Å². The second-order valence-electron chi connectivity index (χ2n) is 5.25. The first kappa shape index (κ1) is 13.6. The Morgan fingerprint density at radius 3 is 2.74 bits per heavy atom. The normalized spacial score (nSPS) is 15.6. The maximum absolute atomic E-state index is 12.3. The molecule has 1 aromatic heterocycles. The highest BCUT2D eigenvalue weighted by Crippen LogP contribution is 2.25. The van der Waals surface area contributed by atoms with Crippen LogP contribution in [0.4, 0.5) is 0 Å². The highest BCUT2D eigenvalue weighted by molar-refractivity contribution is 5.93. The molecule has 1 N–H and O–H groups in total. The van der Waals surface area contributed by atoms with Crippen molar-refractivity contribution < 1.29 is 14.7 Å². The SMILES string of the molecule is CN(CC1CCCC1)C(=O)c1cccn1CC(=O)O. The molecule has 0 radical (unpaired) electrons. The fraction of sp³-hybridized carbons (Fsp3) is 0.571. The van der Waals surface area contributed by atoms with Gasteiger partial charge in [0.15, 0.2) is 0 Å². The van der Waals surface area contributed by atoms with E-state index in [-0.39, 0.29) is 12.5 Å². The predicted molar refractivity (Wildman–Crippen MR) is 71.0 cm³/mol. The van der Waals surface area contributed by atoms with Gasteiger partial charge >= 0.3 is 5.97 Å². The summed E-state index contributed by atoms with van der Waals surface area (Å²) >= 11 is 0. The van der Waals surface area contributed by atoms with E-state index < -0.39 is 5.97 Å². The summed E-state index contributed by atoms with van der Waals surface area (Å²) in [7, 11) is 1.79. The van der Waals surface area contributed by atoms with Crippen LogP contribution < -0.4 is 0 Å². The zero-order valence-electron chi connectivity index (χ0n) is 11.2. The summed E-state index contributed by atoms with van der Waals surface area (Å²) in [5.41, 5.74) is 0.447. The Bertz CT molecular complexity index is 461. The minimum absolute atomic E-state index is 0.0989. The number of carboxylic acids is 1. The number of aliphatic carboxylic acids is 1. The van der Waals surface area contributed by atoms with Crippen molar-refractivity contribution >= 4 is 11.9 Å². The smallest absolute Gasteiger partial charge is 0.323 e. The lowest BCUT2D eigenvalue weighted by Gasteiger charge is -2.21. The summed E-state index contributed by atoms with van der Waals surface area (Å²) in [5.74, 6) is -0.446. The van der Waals surface area contributed by atoms with Crippen LogP contribution >= 0.6 is 0 Å². The number of carbonyl (C=O) groups is 2. The second-order valence-corrected chi connectivity index (χ2v) is 5.25. The van der Waals surface area contributed by atoms with Gasteiger partial charge in [0, 0.05) is 19.8 Å². The van der Waals surface area contributed by atoms with Crippen molar-refractivity contribution in [3.05, 3.63) is 24.0 Å². The Morgan fingerprint density at radius 1 is 1.42 bits per heavy atom. The Morgan fingerprint density at radius 2 is 2.11 bits per heavy atom. The van der Waals surface area contributed by atoms with E-state index in [0.29, 0.717) is 11.6 Å². The molecule has 0 unspecified atom stereocenters. The average molecular weight is 264 g/mol. The minimum atomic E-state index is -0.941. The van der Waals surface area contributed by atoms with Crippen LogP contribution in [0.1, 0.15) is 36.2 Å². The van der Waals surface area contributed by atoms with Crippen molar-refractivity contribution in [2.24, 2.45) is 5.92 Å². The van der Waals surface area contributed by atoms with Crippen molar-refractivity contribution in [1.82, 2.24) is 9.47 Å². The lowest BCUT2D eigenvalue weighted by molar-refractivity contribution is -0.137. The molecule has 1 heterocycles. The predicted octanol–water partition coefficient (Wildman–Crippen LogP) is 1.83. The summed E-state index contributed by atoms with van der Waals surface area (Å²) in [6.07, 6.45) is 6.51. The van der Waals surface area contributed by atoms with Crippen LogP contribution in [0, 0.1) is 5.92 Å². The van der Waals surface area contributed by atoms with Gasteiger partial charge in [-0.25, -0.2) is 0 Å². The standard InChI is InChI=1S/C14H20N2O3/c1-15(9-11-5-2-3-6-11)14(19)12-7-4-8-16(12)10-13(17)18/h4,7-8,11H,2-3,5-6,9-10H2,1H3,(H,17,18). The number of hydrogen-bond acceptors (Lipinski definition) is 2. The molecule has 19 heavy (non-hydrogen) atoms. The zero-order valence-corrected chi connectivity index (χ0v) is 11.2. The van der Waals surface area contributed by atoms with Gasteiger partial charge in [-0.05, 0) is 30.9 Å². The summed E-state index contributed by atoms with van der Waals surface area (Å²) in [5, 5.41) is 8.81. The van der Waals surface area contributed by atoms with E-state index in [9.17, 15) is 9.59 Å². The van der Waals surface area contributed by atoms with Gasteiger partial charge in [0.2, 0.25) is 0 Å². The second kappa shape index (κ2) is 5.91. The number of aromatic nitrogens is 1. The highest BCUT2D eigenvalue weighted by atomic mass is 16.4. The summed E-state index contributed by atoms with van der Waals surface area (Å²) < 4.78 is 1.48. The number of amides is 1. The van der Waals surface area contributed by atoms with E-state index >= 15 is 0 Å². The molecule has 1 aliphatic carbocycles. The van der Waals surface area contributed by atoms with Crippen molar-refractivity contribution in [2.75, 3.05) is 13.6 Å². The van der Waals surface area contributed by atoms with Crippen LogP contribution in [0.2, 0.25) is 0 Å². The molecule has 1 amide bonds. The van der Waals surface area contributed by atoms with Crippen LogP contribution in [-0.2, 0) is 11.3 Å². The first-order valence-electron chi connectivity index (χ1n) is 6.70. The third-order valence-corrected chi connectivity index (χ3v) is 3.71. The van der Waals surface area contributed by atoms with Crippen LogP contribution in [0.5, 0.6) is 0 Å². The van der Waals surface area contributed by atoms with Gasteiger partial charge in [-0.15, -0.1) is 0 Å². The summed E-state index contributed by atoms with van der Waals surface area (Å²) in [6.45, 7) is 0.586. The van der Waals surface area contributed by atoms with Gasteiger partial charge in [0.05, 0.1) is 0 Å². The third kappa shape index (κ3) is 3.36. The molecule has 1 aromatic rings. The molecule has 1 aliphatic rings. The molecule has 2 rings (SSSR count). The molecule has 0 aromatic carbocycles. The highest BCUT2D eigenvalue weighted by Gasteiger charge is 2.22. The fourth-order valence-electron chi connectivity index (χ4n) is 2.75. The van der Waals surface area contributed by atoms with Gasteiger partial charge in [0.25, 0.3) is 5.91 Å². The Labute approximate surface area is 112 Å². The zero-order chi connectivity index (χ0) is 13.8. The third-order valence-electron chi connectivity index (χ3n) is 3.71. The Kier molecular flexibility index (Phi) is 4.24. The molecule has 1 fully saturated rings. The van der Waals surface area contributed by atoms with Crippen molar-refractivity contribution in [3.8, 4) is 0 Å². The lowest BCUT2D eigenvalue weighted by atomic mass is 10.1. The largest absolute Gasteiger partial charge is 0.480 e. The summed E-state index contributed by atoms with van der Waals surface area (Å²) in [4.78, 5) is 24.8. The van der Waals surface area contributed by atoms with E-state index in [0.717, 1.165) is 6.54 Å². The van der Waals surface area contributed by atoms with E-state index in [1.807, 2.05) is 0 Å². The van der Waals surface area contributed by atoms with Crippen LogP contribution in [0.15, 0.2) is 18.3 Å². The van der Waals surface area contributed by atoms with Gasteiger partial charge in [-0.3, -0.25) is 9.59 Å². The Balaban J connectivity index is 2.01.